The number of nitrogens with one attached hydrogen (secondary N) is 1. The van der Waals surface area contributed by atoms with E-state index in [4.69, 9.17) is 11.1 Å². The minimum atomic E-state index is -2.66. The topological polar surface area (TPSA) is 53.1 Å². The smallest absolute Gasteiger partial charge is 0.249 e. The molecule has 3 N–H and O–H groups in total. The zero-order chi connectivity index (χ0) is 10.1. The van der Waals surface area contributed by atoms with Crippen molar-refractivity contribution < 1.29 is 8.78 Å². The number of guanidine groups is 1. The van der Waals surface area contributed by atoms with E-state index in [-0.39, 0.29) is 12.5 Å². The van der Waals surface area contributed by atoms with Crippen LogP contribution in [-0.4, -0.2) is 29.9 Å². The Morgan fingerprint density at radius 1 is 1.62 bits per heavy atom. The van der Waals surface area contributed by atoms with Crippen LogP contribution in [0.15, 0.2) is 0 Å². The third-order valence-electron chi connectivity index (χ3n) is 2.48. The van der Waals surface area contributed by atoms with E-state index in [1.807, 2.05) is 0 Å². The van der Waals surface area contributed by atoms with E-state index in [9.17, 15) is 8.78 Å². The molecule has 3 nitrogen and oxygen atoms in total. The van der Waals surface area contributed by atoms with E-state index in [2.05, 4.69) is 0 Å². The minimum Gasteiger partial charge on any atom is -0.370 e. The van der Waals surface area contributed by atoms with Crippen LogP contribution in [0, 0.1) is 11.3 Å². The summed E-state index contributed by atoms with van der Waals surface area (Å²) in [6.07, 6.45) is 1.21. The van der Waals surface area contributed by atoms with E-state index in [0.717, 1.165) is 6.92 Å². The Bertz CT molecular complexity index is 200. The summed E-state index contributed by atoms with van der Waals surface area (Å²) in [5, 5.41) is 7.14. The first-order valence-corrected chi connectivity index (χ1v) is 4.38. The van der Waals surface area contributed by atoms with Crippen molar-refractivity contribution in [3.63, 3.8) is 0 Å². The van der Waals surface area contributed by atoms with Crippen molar-refractivity contribution in [1.82, 2.24) is 4.90 Å². The summed E-state index contributed by atoms with van der Waals surface area (Å²) in [4.78, 5) is 1.51. The predicted molar refractivity (Wildman–Crippen MR) is 46.8 cm³/mol. The fourth-order valence-corrected chi connectivity index (χ4v) is 1.61. The molecule has 13 heavy (non-hydrogen) atoms. The van der Waals surface area contributed by atoms with Crippen LogP contribution in [0.2, 0.25) is 0 Å². The molecule has 1 saturated heterocycles. The van der Waals surface area contributed by atoms with Crippen LogP contribution < -0.4 is 5.73 Å². The Kier molecular flexibility index (Phi) is 2.73. The number of hydrogen-bond acceptors (Lipinski definition) is 1. The summed E-state index contributed by atoms with van der Waals surface area (Å²) >= 11 is 0. The molecule has 0 unspecified atom stereocenters. The molecule has 0 amide bonds. The summed E-state index contributed by atoms with van der Waals surface area (Å²) < 4.78 is 25.8. The highest BCUT2D eigenvalue weighted by Crippen LogP contribution is 2.31. The van der Waals surface area contributed by atoms with Gasteiger partial charge in [-0.1, -0.05) is 0 Å². The number of nitrogens with two attached hydrogens (primary N) is 1. The van der Waals surface area contributed by atoms with Crippen LogP contribution in [0.4, 0.5) is 8.78 Å². The molecule has 76 valence electrons. The molecule has 0 aromatic carbocycles. The molecule has 0 aromatic heterocycles. The largest absolute Gasteiger partial charge is 0.370 e. The first-order chi connectivity index (χ1) is 5.91. The van der Waals surface area contributed by atoms with Crippen molar-refractivity contribution in [3.8, 4) is 0 Å². The highest BCUT2D eigenvalue weighted by Gasteiger charge is 2.37. The molecule has 1 fully saturated rings. The predicted octanol–water partition coefficient (Wildman–Crippen LogP) is 1.25. The van der Waals surface area contributed by atoms with Crippen LogP contribution in [0.1, 0.15) is 19.8 Å². The monoisotopic (exact) mass is 191 g/mol. The molecule has 0 radical (unpaired) electrons. The average Bonchev–Trinajstić information content (AvgIpc) is 2.03. The number of piperidine rings is 1. The summed E-state index contributed by atoms with van der Waals surface area (Å²) in [5.41, 5.74) is 5.24. The summed E-state index contributed by atoms with van der Waals surface area (Å²) in [6, 6.07) is 0. The van der Waals surface area contributed by atoms with E-state index in [1.54, 1.807) is 0 Å². The third-order valence-corrected chi connectivity index (χ3v) is 2.48. The van der Waals surface area contributed by atoms with E-state index in [0.29, 0.717) is 19.4 Å². The number of rotatable bonds is 1. The number of nitrogens with zero attached hydrogens (tertiary/aromatic N) is 1. The van der Waals surface area contributed by atoms with Crippen molar-refractivity contribution >= 4 is 5.96 Å². The standard InChI is InChI=1S/C8H15F2N3/c1-8(9,10)6-3-2-4-13(5-6)7(11)12/h6H,2-5H2,1H3,(H3,11,12)/t6-/m1/s1. The van der Waals surface area contributed by atoms with Gasteiger partial charge in [0, 0.05) is 19.0 Å². The molecule has 0 spiro atoms. The fourth-order valence-electron chi connectivity index (χ4n) is 1.61. The van der Waals surface area contributed by atoms with Gasteiger partial charge in [0.15, 0.2) is 5.96 Å². The van der Waals surface area contributed by atoms with Crippen LogP contribution in [0.25, 0.3) is 0 Å². The number of alkyl halides is 2. The van der Waals surface area contributed by atoms with Gasteiger partial charge in [0.25, 0.3) is 0 Å². The Hall–Kier alpha value is -0.870. The average molecular weight is 191 g/mol. The SMILES string of the molecule is CC(F)(F)[C@@H]1CCCN(C(=N)N)C1. The van der Waals surface area contributed by atoms with Gasteiger partial charge >= 0.3 is 0 Å². The highest BCUT2D eigenvalue weighted by atomic mass is 19.3. The maximum absolute atomic E-state index is 12.9. The second kappa shape index (κ2) is 3.47. The van der Waals surface area contributed by atoms with Crippen molar-refractivity contribution in [2.45, 2.75) is 25.7 Å². The van der Waals surface area contributed by atoms with Gasteiger partial charge in [-0.05, 0) is 19.8 Å². The summed E-state index contributed by atoms with van der Waals surface area (Å²) in [6.45, 7) is 1.77. The second-order valence-electron chi connectivity index (χ2n) is 3.63. The molecule has 1 rings (SSSR count). The first kappa shape index (κ1) is 10.2. The molecular weight excluding hydrogens is 176 g/mol. The van der Waals surface area contributed by atoms with Gasteiger partial charge in [-0.15, -0.1) is 0 Å². The van der Waals surface area contributed by atoms with Gasteiger partial charge in [0.05, 0.1) is 0 Å². The summed E-state index contributed by atoms with van der Waals surface area (Å²) in [7, 11) is 0. The molecular formula is C8H15F2N3. The Morgan fingerprint density at radius 2 is 2.23 bits per heavy atom. The normalized spacial score (nSPS) is 24.5. The lowest BCUT2D eigenvalue weighted by Gasteiger charge is -2.35. The van der Waals surface area contributed by atoms with Crippen LogP contribution in [-0.2, 0) is 0 Å². The lowest BCUT2D eigenvalue weighted by molar-refractivity contribution is -0.0582. The van der Waals surface area contributed by atoms with E-state index in [1.165, 1.54) is 4.90 Å². The molecule has 1 aliphatic heterocycles. The van der Waals surface area contributed by atoms with Gasteiger partial charge in [0.2, 0.25) is 5.92 Å². The van der Waals surface area contributed by atoms with Gasteiger partial charge in [-0.3, -0.25) is 5.41 Å². The Balaban J connectivity index is 2.57. The van der Waals surface area contributed by atoms with Crippen LogP contribution in [0.3, 0.4) is 0 Å². The lowest BCUT2D eigenvalue weighted by atomic mass is 9.93. The number of halogens is 2. The zero-order valence-electron chi connectivity index (χ0n) is 7.69. The Morgan fingerprint density at radius 3 is 2.69 bits per heavy atom. The maximum atomic E-state index is 12.9. The molecule has 0 aromatic rings. The Labute approximate surface area is 76.4 Å². The fraction of sp³-hybridized carbons (Fsp3) is 0.875. The highest BCUT2D eigenvalue weighted by molar-refractivity contribution is 5.74. The van der Waals surface area contributed by atoms with Crippen LogP contribution >= 0.6 is 0 Å². The molecule has 1 heterocycles. The van der Waals surface area contributed by atoms with Crippen molar-refractivity contribution in [2.24, 2.45) is 11.7 Å². The van der Waals surface area contributed by atoms with Crippen molar-refractivity contribution in [3.05, 3.63) is 0 Å². The number of hydrogen-bond donors (Lipinski definition) is 2. The van der Waals surface area contributed by atoms with Crippen LogP contribution in [0.5, 0.6) is 0 Å². The van der Waals surface area contributed by atoms with Gasteiger partial charge < -0.3 is 10.6 Å². The maximum Gasteiger partial charge on any atom is 0.249 e. The molecule has 5 heteroatoms. The molecule has 0 bridgehead atoms. The third kappa shape index (κ3) is 2.54. The lowest BCUT2D eigenvalue weighted by Crippen LogP contribution is -2.47. The molecule has 1 atom stereocenters. The van der Waals surface area contributed by atoms with Gasteiger partial charge in [0.1, 0.15) is 0 Å². The van der Waals surface area contributed by atoms with Crippen molar-refractivity contribution in [2.75, 3.05) is 13.1 Å². The van der Waals surface area contributed by atoms with E-state index >= 15 is 0 Å². The molecule has 0 aliphatic carbocycles. The molecule has 0 saturated carbocycles. The quantitative estimate of drug-likeness (QED) is 0.484. The summed E-state index contributed by atoms with van der Waals surface area (Å²) in [5.74, 6) is -3.42. The second-order valence-corrected chi connectivity index (χ2v) is 3.63. The molecule has 1 aliphatic rings. The van der Waals surface area contributed by atoms with E-state index < -0.39 is 11.8 Å². The zero-order valence-corrected chi connectivity index (χ0v) is 7.69. The van der Waals surface area contributed by atoms with Gasteiger partial charge in [-0.25, -0.2) is 8.78 Å². The van der Waals surface area contributed by atoms with Crippen molar-refractivity contribution in [1.29, 1.82) is 5.41 Å². The number of likely N-dealkylation sites (tertiary alicyclic amines) is 1. The first-order valence-electron chi connectivity index (χ1n) is 4.38. The van der Waals surface area contributed by atoms with Gasteiger partial charge in [-0.2, -0.15) is 0 Å². The minimum absolute atomic E-state index is 0.103.